The molecule has 0 radical (unpaired) electrons. The van der Waals surface area contributed by atoms with Crippen molar-refractivity contribution in [3.63, 3.8) is 0 Å². The molecule has 0 atom stereocenters. The summed E-state index contributed by atoms with van der Waals surface area (Å²) in [7, 11) is 0. The summed E-state index contributed by atoms with van der Waals surface area (Å²) in [5.41, 5.74) is -0.751. The summed E-state index contributed by atoms with van der Waals surface area (Å²) in [6, 6.07) is 8.72. The zero-order valence-electron chi connectivity index (χ0n) is 12.3. The molecule has 2 amide bonds. The Morgan fingerprint density at radius 1 is 1.22 bits per heavy atom. The standard InChI is InChI=1S/C16H15N3O3S/c17-10-16(7-1-2-8-16)19-15(21)12-5-6-13(23-12)18-14(20)11-4-3-9-22-11/h3-6,9H,1-2,7-8H2,(H,18,20)(H,19,21). The molecular weight excluding hydrogens is 314 g/mol. The quantitative estimate of drug-likeness (QED) is 0.900. The third kappa shape index (κ3) is 3.27. The number of hydrogen-bond acceptors (Lipinski definition) is 5. The zero-order chi connectivity index (χ0) is 16.3. The Morgan fingerprint density at radius 3 is 2.65 bits per heavy atom. The van der Waals surface area contributed by atoms with Crippen molar-refractivity contribution >= 4 is 28.2 Å². The summed E-state index contributed by atoms with van der Waals surface area (Å²) in [5.74, 6) is -0.441. The van der Waals surface area contributed by atoms with Gasteiger partial charge in [0, 0.05) is 0 Å². The molecule has 0 saturated heterocycles. The van der Waals surface area contributed by atoms with Gasteiger partial charge in [-0.05, 0) is 49.9 Å². The molecule has 0 bridgehead atoms. The van der Waals surface area contributed by atoms with Crippen molar-refractivity contribution in [3.8, 4) is 6.07 Å². The number of furan rings is 1. The van der Waals surface area contributed by atoms with Gasteiger partial charge in [-0.25, -0.2) is 0 Å². The molecule has 1 aliphatic carbocycles. The smallest absolute Gasteiger partial charge is 0.291 e. The lowest BCUT2D eigenvalue weighted by Gasteiger charge is -2.21. The van der Waals surface area contributed by atoms with E-state index in [9.17, 15) is 14.9 Å². The number of carbonyl (C=O) groups is 2. The van der Waals surface area contributed by atoms with Crippen LogP contribution >= 0.6 is 11.3 Å². The lowest BCUT2D eigenvalue weighted by molar-refractivity contribution is 0.0924. The molecule has 1 fully saturated rings. The Bertz CT molecular complexity index is 752. The van der Waals surface area contributed by atoms with Crippen LogP contribution in [0.3, 0.4) is 0 Å². The SMILES string of the molecule is N#CC1(NC(=O)c2ccc(NC(=O)c3ccco3)s2)CCCC1. The van der Waals surface area contributed by atoms with E-state index in [0.717, 1.165) is 24.2 Å². The van der Waals surface area contributed by atoms with Gasteiger partial charge in [-0.1, -0.05) is 0 Å². The van der Waals surface area contributed by atoms with E-state index in [-0.39, 0.29) is 17.6 Å². The molecule has 2 heterocycles. The summed E-state index contributed by atoms with van der Waals surface area (Å²) >= 11 is 1.16. The van der Waals surface area contributed by atoms with Crippen molar-refractivity contribution in [3.05, 3.63) is 41.2 Å². The van der Waals surface area contributed by atoms with Crippen LogP contribution in [0.1, 0.15) is 45.9 Å². The fourth-order valence-electron chi connectivity index (χ4n) is 2.63. The van der Waals surface area contributed by atoms with Crippen molar-refractivity contribution in [1.29, 1.82) is 5.26 Å². The van der Waals surface area contributed by atoms with E-state index < -0.39 is 5.54 Å². The molecule has 23 heavy (non-hydrogen) atoms. The number of anilines is 1. The van der Waals surface area contributed by atoms with Gasteiger partial charge < -0.3 is 15.1 Å². The normalized spacial score (nSPS) is 15.8. The number of rotatable bonds is 4. The number of amides is 2. The first-order chi connectivity index (χ1) is 11.1. The average Bonchev–Trinajstić information content (AvgIpc) is 3.29. The molecule has 2 aromatic heterocycles. The van der Waals surface area contributed by atoms with Crippen LogP contribution in [0, 0.1) is 11.3 Å². The fourth-order valence-corrected chi connectivity index (χ4v) is 3.43. The highest BCUT2D eigenvalue weighted by Gasteiger charge is 2.35. The largest absolute Gasteiger partial charge is 0.459 e. The Morgan fingerprint density at radius 2 is 2.00 bits per heavy atom. The van der Waals surface area contributed by atoms with E-state index in [0.29, 0.717) is 22.7 Å². The van der Waals surface area contributed by atoms with Crippen LogP contribution in [0.2, 0.25) is 0 Å². The van der Waals surface area contributed by atoms with Crippen LogP contribution in [0.25, 0.3) is 0 Å². The van der Waals surface area contributed by atoms with Crippen molar-refractivity contribution in [1.82, 2.24) is 5.32 Å². The predicted molar refractivity (Wildman–Crippen MR) is 85.3 cm³/mol. The summed E-state index contributed by atoms with van der Waals surface area (Å²) in [6.45, 7) is 0. The molecule has 0 spiro atoms. The molecule has 2 aromatic rings. The van der Waals surface area contributed by atoms with Gasteiger partial charge in [0.25, 0.3) is 11.8 Å². The molecule has 6 nitrogen and oxygen atoms in total. The first kappa shape index (κ1) is 15.3. The minimum absolute atomic E-state index is 0.207. The van der Waals surface area contributed by atoms with Crippen molar-refractivity contribution in [2.24, 2.45) is 0 Å². The molecule has 3 rings (SSSR count). The maximum atomic E-state index is 12.3. The Labute approximate surface area is 137 Å². The molecule has 1 saturated carbocycles. The van der Waals surface area contributed by atoms with Gasteiger partial charge in [0.15, 0.2) is 5.76 Å². The minimum atomic E-state index is -0.751. The van der Waals surface area contributed by atoms with Gasteiger partial charge in [-0.3, -0.25) is 9.59 Å². The number of nitrogens with one attached hydrogen (secondary N) is 2. The van der Waals surface area contributed by atoms with Crippen LogP contribution in [0.15, 0.2) is 34.9 Å². The fraction of sp³-hybridized carbons (Fsp3) is 0.312. The maximum absolute atomic E-state index is 12.3. The maximum Gasteiger partial charge on any atom is 0.291 e. The van der Waals surface area contributed by atoms with Gasteiger partial charge in [-0.15, -0.1) is 11.3 Å². The van der Waals surface area contributed by atoms with Crippen LogP contribution < -0.4 is 10.6 Å². The average molecular weight is 329 g/mol. The van der Waals surface area contributed by atoms with E-state index in [1.807, 2.05) is 0 Å². The number of thiophene rings is 1. The van der Waals surface area contributed by atoms with E-state index >= 15 is 0 Å². The van der Waals surface area contributed by atoms with E-state index in [1.54, 1.807) is 24.3 Å². The third-order valence-corrected chi connectivity index (χ3v) is 4.83. The summed E-state index contributed by atoms with van der Waals surface area (Å²) in [4.78, 5) is 24.7. The molecular formula is C16H15N3O3S. The van der Waals surface area contributed by atoms with Crippen molar-refractivity contribution in [2.75, 3.05) is 5.32 Å². The Balaban J connectivity index is 1.66. The van der Waals surface area contributed by atoms with Gasteiger partial charge in [-0.2, -0.15) is 5.26 Å². The number of carbonyl (C=O) groups excluding carboxylic acids is 2. The lowest BCUT2D eigenvalue weighted by Crippen LogP contribution is -2.44. The number of nitrogens with zero attached hydrogens (tertiary/aromatic N) is 1. The first-order valence-electron chi connectivity index (χ1n) is 7.30. The highest BCUT2D eigenvalue weighted by molar-refractivity contribution is 7.18. The van der Waals surface area contributed by atoms with E-state index in [4.69, 9.17) is 4.42 Å². The van der Waals surface area contributed by atoms with E-state index in [1.165, 1.54) is 6.26 Å². The Kier molecular flexibility index (Phi) is 4.17. The zero-order valence-corrected chi connectivity index (χ0v) is 13.1. The highest BCUT2D eigenvalue weighted by atomic mass is 32.1. The first-order valence-corrected chi connectivity index (χ1v) is 8.12. The second kappa shape index (κ2) is 6.26. The number of nitriles is 1. The molecule has 1 aliphatic rings. The van der Waals surface area contributed by atoms with Crippen molar-refractivity contribution in [2.45, 2.75) is 31.2 Å². The second-order valence-electron chi connectivity index (χ2n) is 5.45. The van der Waals surface area contributed by atoms with Gasteiger partial charge in [0.1, 0.15) is 5.54 Å². The van der Waals surface area contributed by atoms with Crippen LogP contribution in [-0.2, 0) is 0 Å². The molecule has 0 aromatic carbocycles. The summed E-state index contributed by atoms with van der Waals surface area (Å²) in [6.07, 6.45) is 4.68. The van der Waals surface area contributed by atoms with Crippen LogP contribution in [0.5, 0.6) is 0 Å². The predicted octanol–water partition coefficient (Wildman–Crippen LogP) is 3.16. The lowest BCUT2D eigenvalue weighted by atomic mass is 10.00. The molecule has 2 N–H and O–H groups in total. The summed E-state index contributed by atoms with van der Waals surface area (Å²) in [5, 5.41) is 15.4. The van der Waals surface area contributed by atoms with Gasteiger partial charge in [0.05, 0.1) is 22.2 Å². The number of hydrogen-bond donors (Lipinski definition) is 2. The second-order valence-corrected chi connectivity index (χ2v) is 6.53. The molecule has 0 aliphatic heterocycles. The van der Waals surface area contributed by atoms with Crippen LogP contribution in [0.4, 0.5) is 5.00 Å². The third-order valence-electron chi connectivity index (χ3n) is 3.84. The van der Waals surface area contributed by atoms with Crippen LogP contribution in [-0.4, -0.2) is 17.4 Å². The molecule has 7 heteroatoms. The monoisotopic (exact) mass is 329 g/mol. The minimum Gasteiger partial charge on any atom is -0.459 e. The van der Waals surface area contributed by atoms with Crippen molar-refractivity contribution < 1.29 is 14.0 Å². The Hall–Kier alpha value is -2.59. The highest BCUT2D eigenvalue weighted by Crippen LogP contribution is 2.30. The van der Waals surface area contributed by atoms with Gasteiger partial charge >= 0.3 is 0 Å². The molecule has 118 valence electrons. The molecule has 0 unspecified atom stereocenters. The topological polar surface area (TPSA) is 95.1 Å². The van der Waals surface area contributed by atoms with Gasteiger partial charge in [0.2, 0.25) is 0 Å². The summed E-state index contributed by atoms with van der Waals surface area (Å²) < 4.78 is 5.02. The van der Waals surface area contributed by atoms with E-state index in [2.05, 4.69) is 16.7 Å².